The van der Waals surface area contributed by atoms with E-state index in [2.05, 4.69) is 10.5 Å². The number of oxime groups is 1. The highest BCUT2D eigenvalue weighted by Crippen LogP contribution is 2.27. The molecule has 6 heteroatoms. The molecule has 0 spiro atoms. The van der Waals surface area contributed by atoms with Crippen molar-refractivity contribution in [2.45, 2.75) is 52.2 Å². The number of rotatable bonds is 3. The Morgan fingerprint density at radius 2 is 2.22 bits per heavy atom. The Labute approximate surface area is 113 Å². The lowest BCUT2D eigenvalue weighted by molar-refractivity contribution is 0.0123. The molecule has 0 saturated carbocycles. The van der Waals surface area contributed by atoms with Crippen molar-refractivity contribution < 1.29 is 14.4 Å². The second kappa shape index (κ2) is 5.82. The van der Waals surface area contributed by atoms with E-state index in [4.69, 9.17) is 9.57 Å². The molecule has 0 atom stereocenters. The molecule has 0 aromatic heterocycles. The number of nitrogens with one attached hydrogen (secondary N) is 1. The lowest BCUT2D eigenvalue weighted by Gasteiger charge is -2.19. The van der Waals surface area contributed by atoms with Gasteiger partial charge in [-0.1, -0.05) is 5.16 Å². The molecule has 104 valence electrons. The zero-order valence-electron chi connectivity index (χ0n) is 11.7. The number of carbonyl (C=O) groups is 1. The number of thioether (sulfide) groups is 1. The van der Waals surface area contributed by atoms with Gasteiger partial charge in [0.25, 0.3) is 0 Å². The van der Waals surface area contributed by atoms with Crippen molar-refractivity contribution in [2.24, 2.45) is 5.16 Å². The first kappa shape index (κ1) is 15.1. The Bertz CT molecular complexity index is 335. The second-order valence-corrected chi connectivity index (χ2v) is 6.96. The summed E-state index contributed by atoms with van der Waals surface area (Å²) in [6.07, 6.45) is 0.442. The predicted molar refractivity (Wildman–Crippen MR) is 73.9 cm³/mol. The fourth-order valence-corrected chi connectivity index (χ4v) is 2.30. The molecule has 0 aliphatic carbocycles. The van der Waals surface area contributed by atoms with Crippen LogP contribution in [0, 0.1) is 0 Å². The van der Waals surface area contributed by atoms with E-state index in [0.717, 1.165) is 17.2 Å². The monoisotopic (exact) mass is 274 g/mol. The summed E-state index contributed by atoms with van der Waals surface area (Å²) in [5, 5.41) is 7.68. The molecule has 1 N–H and O–H groups in total. The van der Waals surface area contributed by atoms with Gasteiger partial charge >= 0.3 is 6.09 Å². The summed E-state index contributed by atoms with van der Waals surface area (Å²) in [6, 6.07) is 0. The van der Waals surface area contributed by atoms with Gasteiger partial charge in [-0.25, -0.2) is 4.79 Å². The lowest BCUT2D eigenvalue weighted by Crippen LogP contribution is -2.33. The molecular formula is C12H22N2O3S. The maximum absolute atomic E-state index is 11.4. The average molecular weight is 274 g/mol. The molecule has 0 aromatic rings. The molecule has 0 unspecified atom stereocenters. The molecule has 1 rings (SSSR count). The molecule has 1 aliphatic heterocycles. The number of amides is 1. The van der Waals surface area contributed by atoms with Crippen LogP contribution in [0.1, 0.15) is 41.0 Å². The summed E-state index contributed by atoms with van der Waals surface area (Å²) < 4.78 is 5.13. The highest BCUT2D eigenvalue weighted by molar-refractivity contribution is 8.13. The van der Waals surface area contributed by atoms with Crippen molar-refractivity contribution in [3.8, 4) is 0 Å². The third-order valence-electron chi connectivity index (χ3n) is 2.01. The predicted octanol–water partition coefficient (Wildman–Crippen LogP) is 2.76. The van der Waals surface area contributed by atoms with Gasteiger partial charge in [0.05, 0.1) is 0 Å². The highest BCUT2D eigenvalue weighted by Gasteiger charge is 2.28. The van der Waals surface area contributed by atoms with Crippen molar-refractivity contribution in [2.75, 3.05) is 12.3 Å². The minimum Gasteiger partial charge on any atom is -0.444 e. The van der Waals surface area contributed by atoms with Crippen molar-refractivity contribution in [3.63, 3.8) is 0 Å². The average Bonchev–Trinajstić information content (AvgIpc) is 2.50. The molecule has 0 bridgehead atoms. The number of carbonyl (C=O) groups excluding carboxylic acids is 1. The molecule has 1 heterocycles. The first-order chi connectivity index (χ1) is 8.18. The Morgan fingerprint density at radius 1 is 1.56 bits per heavy atom. The van der Waals surface area contributed by atoms with Crippen molar-refractivity contribution in [3.05, 3.63) is 0 Å². The minimum absolute atomic E-state index is 0.194. The molecule has 0 radical (unpaired) electrons. The van der Waals surface area contributed by atoms with Gasteiger partial charge < -0.3 is 14.9 Å². The van der Waals surface area contributed by atoms with Gasteiger partial charge in [0, 0.05) is 18.7 Å². The summed E-state index contributed by atoms with van der Waals surface area (Å²) >= 11 is 1.60. The van der Waals surface area contributed by atoms with E-state index in [0.29, 0.717) is 6.54 Å². The van der Waals surface area contributed by atoms with E-state index >= 15 is 0 Å². The minimum atomic E-state index is -0.454. The Kier molecular flexibility index (Phi) is 4.90. The van der Waals surface area contributed by atoms with E-state index < -0.39 is 5.60 Å². The number of hydrogen-bond donors (Lipinski definition) is 1. The van der Waals surface area contributed by atoms with Crippen molar-refractivity contribution in [1.82, 2.24) is 5.32 Å². The molecular weight excluding hydrogens is 252 g/mol. The normalized spacial score (nSPS) is 17.9. The van der Waals surface area contributed by atoms with Crippen LogP contribution in [0.2, 0.25) is 0 Å². The van der Waals surface area contributed by atoms with Gasteiger partial charge in [0.1, 0.15) is 16.2 Å². The van der Waals surface area contributed by atoms with E-state index in [9.17, 15) is 4.79 Å². The number of hydrogen-bond acceptors (Lipinski definition) is 5. The number of nitrogens with zero attached hydrogens (tertiary/aromatic N) is 1. The molecule has 0 aromatic carbocycles. The van der Waals surface area contributed by atoms with Crippen LogP contribution in [-0.4, -0.2) is 34.6 Å². The zero-order chi connectivity index (χ0) is 13.8. The maximum Gasteiger partial charge on any atom is 0.407 e. The van der Waals surface area contributed by atoms with Crippen LogP contribution in [0.25, 0.3) is 0 Å². The smallest absolute Gasteiger partial charge is 0.407 e. The Balaban J connectivity index is 2.11. The third kappa shape index (κ3) is 6.14. The summed E-state index contributed by atoms with van der Waals surface area (Å²) in [7, 11) is 0. The zero-order valence-corrected chi connectivity index (χ0v) is 12.5. The fraction of sp³-hybridized carbons (Fsp3) is 0.833. The molecule has 5 nitrogen and oxygen atoms in total. The van der Waals surface area contributed by atoms with Gasteiger partial charge in [-0.05, 0) is 34.6 Å². The Morgan fingerprint density at radius 3 is 2.72 bits per heavy atom. The number of ether oxygens (including phenoxy) is 1. The molecule has 18 heavy (non-hydrogen) atoms. The molecule has 1 amide bonds. The van der Waals surface area contributed by atoms with Gasteiger partial charge in [-0.3, -0.25) is 0 Å². The van der Waals surface area contributed by atoms with E-state index in [-0.39, 0.29) is 11.7 Å². The van der Waals surface area contributed by atoms with Crippen LogP contribution in [-0.2, 0) is 9.57 Å². The van der Waals surface area contributed by atoms with Crippen LogP contribution >= 0.6 is 11.8 Å². The summed E-state index contributed by atoms with van der Waals surface area (Å²) in [4.78, 5) is 16.6. The van der Waals surface area contributed by atoms with Crippen LogP contribution in [0.5, 0.6) is 0 Å². The second-order valence-electron chi connectivity index (χ2n) is 5.79. The quantitative estimate of drug-likeness (QED) is 0.804. The molecule has 0 fully saturated rings. The first-order valence-electron chi connectivity index (χ1n) is 6.03. The number of alkyl carbamates (subject to hydrolysis) is 1. The maximum atomic E-state index is 11.4. The van der Waals surface area contributed by atoms with Gasteiger partial charge in [0.15, 0.2) is 0 Å². The lowest BCUT2D eigenvalue weighted by atomic mass is 10.1. The third-order valence-corrected chi connectivity index (χ3v) is 2.97. The van der Waals surface area contributed by atoms with Crippen LogP contribution in [0.4, 0.5) is 4.79 Å². The van der Waals surface area contributed by atoms with E-state index in [1.165, 1.54) is 0 Å². The summed E-state index contributed by atoms with van der Waals surface area (Å²) in [6.45, 7) is 10.1. The van der Waals surface area contributed by atoms with Crippen molar-refractivity contribution in [1.29, 1.82) is 0 Å². The van der Waals surface area contributed by atoms with Crippen LogP contribution in [0.15, 0.2) is 5.16 Å². The van der Waals surface area contributed by atoms with E-state index in [1.807, 2.05) is 34.6 Å². The van der Waals surface area contributed by atoms with Crippen molar-refractivity contribution >= 4 is 22.9 Å². The molecule has 0 saturated heterocycles. The fourth-order valence-electron chi connectivity index (χ4n) is 1.32. The van der Waals surface area contributed by atoms with Gasteiger partial charge in [0.2, 0.25) is 0 Å². The first-order valence-corrected chi connectivity index (χ1v) is 7.01. The topological polar surface area (TPSA) is 59.9 Å². The van der Waals surface area contributed by atoms with Crippen LogP contribution in [0.3, 0.4) is 0 Å². The molecule has 1 aliphatic rings. The van der Waals surface area contributed by atoms with Crippen LogP contribution < -0.4 is 5.32 Å². The van der Waals surface area contributed by atoms with Gasteiger partial charge in [-0.2, -0.15) is 0 Å². The summed E-state index contributed by atoms with van der Waals surface area (Å²) in [5.41, 5.74) is -0.647. The summed E-state index contributed by atoms with van der Waals surface area (Å²) in [5.74, 6) is 0.761. The van der Waals surface area contributed by atoms with E-state index in [1.54, 1.807) is 11.8 Å². The highest BCUT2D eigenvalue weighted by atomic mass is 32.2. The standard InChI is InChI=1S/C12H22N2O3S/c1-11(2,3)16-10(15)13-6-7-18-9-8-12(4,5)17-14-9/h6-8H2,1-5H3,(H,13,15). The van der Waals surface area contributed by atoms with Gasteiger partial charge in [-0.15, -0.1) is 11.8 Å². The largest absolute Gasteiger partial charge is 0.444 e. The Hall–Kier alpha value is -0.910. The SMILES string of the molecule is CC(C)(C)OC(=O)NCCSC1=NOC(C)(C)C1.